The zero-order valence-electron chi connectivity index (χ0n) is 12.1. The van der Waals surface area contributed by atoms with Gasteiger partial charge in [-0.3, -0.25) is 4.79 Å². The number of carbonyl (C=O) groups excluding carboxylic acids is 1. The highest BCUT2D eigenvalue weighted by Gasteiger charge is 2.36. The van der Waals surface area contributed by atoms with E-state index in [1.54, 1.807) is 23.9 Å². The van der Waals surface area contributed by atoms with Crippen molar-refractivity contribution in [2.75, 3.05) is 29.5 Å². The molecule has 1 N–H and O–H groups in total. The fourth-order valence-electron chi connectivity index (χ4n) is 2.79. The minimum absolute atomic E-state index is 0.256. The maximum absolute atomic E-state index is 12.5. The third kappa shape index (κ3) is 3.16. The standard InChI is InChI=1S/C15H17ClN4OS/c16-12-7-11(8-13(18-12)20-4-1-2-5-20)14(21)19-15(9-17)3-6-22-10-15/h7-8H,1-6,10H2,(H,19,21)/t15-/m1/s1. The fraction of sp³-hybridized carbons (Fsp3) is 0.533. The number of amides is 1. The van der Waals surface area contributed by atoms with Crippen LogP contribution >= 0.6 is 23.4 Å². The molecule has 0 spiro atoms. The molecule has 2 aliphatic heterocycles. The van der Waals surface area contributed by atoms with Crippen molar-refractivity contribution in [3.05, 3.63) is 22.8 Å². The SMILES string of the molecule is N#C[C@]1(NC(=O)c2cc(Cl)nc(N3CCCC3)c2)CCSC1. The molecule has 3 heterocycles. The molecule has 1 atom stereocenters. The predicted molar refractivity (Wildman–Crippen MR) is 88.4 cm³/mol. The summed E-state index contributed by atoms with van der Waals surface area (Å²) in [7, 11) is 0. The van der Waals surface area contributed by atoms with Gasteiger partial charge in [0.25, 0.3) is 5.91 Å². The van der Waals surface area contributed by atoms with Crippen LogP contribution in [0.2, 0.25) is 5.15 Å². The number of carbonyl (C=O) groups is 1. The number of rotatable bonds is 3. The molecule has 0 saturated carbocycles. The van der Waals surface area contributed by atoms with Gasteiger partial charge in [0.2, 0.25) is 0 Å². The van der Waals surface area contributed by atoms with Crippen LogP contribution in [0.4, 0.5) is 5.82 Å². The van der Waals surface area contributed by atoms with Crippen LogP contribution in [0.15, 0.2) is 12.1 Å². The summed E-state index contributed by atoms with van der Waals surface area (Å²) in [5.74, 6) is 2.01. The van der Waals surface area contributed by atoms with Gasteiger partial charge in [0.05, 0.1) is 6.07 Å². The van der Waals surface area contributed by atoms with Gasteiger partial charge < -0.3 is 10.2 Å². The number of thioether (sulfide) groups is 1. The third-order valence-electron chi connectivity index (χ3n) is 4.06. The van der Waals surface area contributed by atoms with Gasteiger partial charge >= 0.3 is 0 Å². The number of nitrogens with one attached hydrogen (secondary N) is 1. The Morgan fingerprint density at radius 2 is 2.23 bits per heavy atom. The summed E-state index contributed by atoms with van der Waals surface area (Å²) < 4.78 is 0. The topological polar surface area (TPSA) is 69.0 Å². The van der Waals surface area contributed by atoms with Gasteiger partial charge in [0, 0.05) is 24.4 Å². The van der Waals surface area contributed by atoms with Crippen LogP contribution in [0.3, 0.4) is 0 Å². The lowest BCUT2D eigenvalue weighted by molar-refractivity contribution is 0.0926. The molecule has 7 heteroatoms. The molecule has 1 aromatic rings. The lowest BCUT2D eigenvalue weighted by Crippen LogP contribution is -2.47. The molecule has 0 aromatic carbocycles. The third-order valence-corrected chi connectivity index (χ3v) is 5.44. The Morgan fingerprint density at radius 1 is 1.45 bits per heavy atom. The lowest BCUT2D eigenvalue weighted by atomic mass is 10.0. The van der Waals surface area contributed by atoms with E-state index >= 15 is 0 Å². The molecule has 2 saturated heterocycles. The van der Waals surface area contributed by atoms with E-state index in [9.17, 15) is 10.1 Å². The highest BCUT2D eigenvalue weighted by Crippen LogP contribution is 2.28. The van der Waals surface area contributed by atoms with Crippen molar-refractivity contribution in [3.63, 3.8) is 0 Å². The molecule has 5 nitrogen and oxygen atoms in total. The first-order valence-electron chi connectivity index (χ1n) is 7.36. The van der Waals surface area contributed by atoms with Gasteiger partial charge in [-0.2, -0.15) is 17.0 Å². The van der Waals surface area contributed by atoms with Crippen LogP contribution in [0.5, 0.6) is 0 Å². The van der Waals surface area contributed by atoms with Crippen molar-refractivity contribution >= 4 is 35.1 Å². The predicted octanol–water partition coefficient (Wildman–Crippen LogP) is 2.46. The second kappa shape index (κ2) is 6.35. The first kappa shape index (κ1) is 15.4. The van der Waals surface area contributed by atoms with Gasteiger partial charge in [0.15, 0.2) is 0 Å². The number of anilines is 1. The first-order valence-corrected chi connectivity index (χ1v) is 8.89. The van der Waals surface area contributed by atoms with Crippen LogP contribution in [0, 0.1) is 11.3 Å². The van der Waals surface area contributed by atoms with Crippen molar-refractivity contribution in [2.24, 2.45) is 0 Å². The summed E-state index contributed by atoms with van der Waals surface area (Å²) in [4.78, 5) is 19.0. The summed E-state index contributed by atoms with van der Waals surface area (Å²) in [5, 5.41) is 12.6. The number of hydrogen-bond acceptors (Lipinski definition) is 5. The van der Waals surface area contributed by atoms with Crippen LogP contribution < -0.4 is 10.2 Å². The summed E-state index contributed by atoms with van der Waals surface area (Å²) in [5.41, 5.74) is -0.292. The van der Waals surface area contributed by atoms with Crippen LogP contribution in [-0.4, -0.2) is 41.0 Å². The molecular weight excluding hydrogens is 320 g/mol. The molecule has 116 valence electrons. The molecule has 0 unspecified atom stereocenters. The summed E-state index contributed by atoms with van der Waals surface area (Å²) in [6, 6.07) is 5.57. The number of pyridine rings is 1. The Morgan fingerprint density at radius 3 is 2.86 bits per heavy atom. The zero-order chi connectivity index (χ0) is 15.6. The highest BCUT2D eigenvalue weighted by molar-refractivity contribution is 7.99. The number of halogens is 1. The molecule has 1 aromatic heterocycles. The molecular formula is C15H17ClN4OS. The first-order chi connectivity index (χ1) is 10.6. The fourth-order valence-corrected chi connectivity index (χ4v) is 4.26. The number of aromatic nitrogens is 1. The number of nitrogens with zero attached hydrogens (tertiary/aromatic N) is 3. The quantitative estimate of drug-likeness (QED) is 0.859. The molecule has 2 fully saturated rings. The number of hydrogen-bond donors (Lipinski definition) is 1. The van der Waals surface area contributed by atoms with E-state index in [4.69, 9.17) is 11.6 Å². The highest BCUT2D eigenvalue weighted by atomic mass is 35.5. The average molecular weight is 337 g/mol. The van der Waals surface area contributed by atoms with Gasteiger partial charge in [-0.05, 0) is 37.1 Å². The lowest BCUT2D eigenvalue weighted by Gasteiger charge is -2.22. The van der Waals surface area contributed by atoms with E-state index in [-0.39, 0.29) is 5.91 Å². The normalized spacial score (nSPS) is 24.3. The molecule has 22 heavy (non-hydrogen) atoms. The van der Waals surface area contributed by atoms with Crippen molar-refractivity contribution in [1.29, 1.82) is 5.26 Å². The van der Waals surface area contributed by atoms with Crippen LogP contribution in [-0.2, 0) is 0 Å². The van der Waals surface area contributed by atoms with E-state index in [1.165, 1.54) is 0 Å². The van der Waals surface area contributed by atoms with Crippen LogP contribution in [0.1, 0.15) is 29.6 Å². The Bertz CT molecular complexity index is 618. The molecule has 0 aliphatic carbocycles. The summed E-state index contributed by atoms with van der Waals surface area (Å²) in [6.07, 6.45) is 2.94. The molecule has 2 aliphatic rings. The molecule has 3 rings (SSSR count). The Hall–Kier alpha value is -1.45. The Labute approximate surface area is 139 Å². The maximum atomic E-state index is 12.5. The Balaban J connectivity index is 1.81. The summed E-state index contributed by atoms with van der Waals surface area (Å²) in [6.45, 7) is 1.88. The van der Waals surface area contributed by atoms with E-state index in [0.717, 1.165) is 37.5 Å². The van der Waals surface area contributed by atoms with Crippen molar-refractivity contribution in [2.45, 2.75) is 24.8 Å². The van der Waals surface area contributed by atoms with Crippen molar-refractivity contribution in [1.82, 2.24) is 10.3 Å². The van der Waals surface area contributed by atoms with Crippen molar-refractivity contribution in [3.8, 4) is 6.07 Å². The van der Waals surface area contributed by atoms with E-state index in [0.29, 0.717) is 22.9 Å². The van der Waals surface area contributed by atoms with E-state index in [2.05, 4.69) is 21.3 Å². The maximum Gasteiger partial charge on any atom is 0.252 e. The van der Waals surface area contributed by atoms with Gasteiger partial charge in [-0.25, -0.2) is 4.98 Å². The average Bonchev–Trinajstić information content (AvgIpc) is 3.18. The minimum atomic E-state index is -0.759. The Kier molecular flexibility index (Phi) is 4.46. The number of nitriles is 1. The smallest absolute Gasteiger partial charge is 0.252 e. The molecule has 0 radical (unpaired) electrons. The van der Waals surface area contributed by atoms with E-state index < -0.39 is 5.54 Å². The van der Waals surface area contributed by atoms with Gasteiger partial charge in [0.1, 0.15) is 16.5 Å². The van der Waals surface area contributed by atoms with Crippen molar-refractivity contribution < 1.29 is 4.79 Å². The second-order valence-corrected chi connectivity index (χ2v) is 7.17. The van der Waals surface area contributed by atoms with Gasteiger partial charge in [-0.1, -0.05) is 11.6 Å². The molecule has 0 bridgehead atoms. The minimum Gasteiger partial charge on any atom is -0.357 e. The molecule has 1 amide bonds. The van der Waals surface area contributed by atoms with Gasteiger partial charge in [-0.15, -0.1) is 0 Å². The zero-order valence-corrected chi connectivity index (χ0v) is 13.7. The summed E-state index contributed by atoms with van der Waals surface area (Å²) >= 11 is 7.76. The second-order valence-electron chi connectivity index (χ2n) is 5.68. The largest absolute Gasteiger partial charge is 0.357 e. The van der Waals surface area contributed by atoms with Crippen LogP contribution in [0.25, 0.3) is 0 Å². The monoisotopic (exact) mass is 336 g/mol. The van der Waals surface area contributed by atoms with E-state index in [1.807, 2.05) is 0 Å².